The van der Waals surface area contributed by atoms with Crippen molar-refractivity contribution in [2.45, 2.75) is 45.8 Å². The highest BCUT2D eigenvalue weighted by Crippen LogP contribution is 2.21. The van der Waals surface area contributed by atoms with Crippen molar-refractivity contribution >= 4 is 0 Å². The average Bonchev–Trinajstić information content (AvgIpc) is 3.00. The molecule has 0 spiro atoms. The van der Waals surface area contributed by atoms with Crippen LogP contribution in [0.5, 0.6) is 0 Å². The molecule has 23 heavy (non-hydrogen) atoms. The van der Waals surface area contributed by atoms with Gasteiger partial charge in [-0.15, -0.1) is 0 Å². The molecule has 1 aliphatic rings. The van der Waals surface area contributed by atoms with Gasteiger partial charge < -0.3 is 9.72 Å². The van der Waals surface area contributed by atoms with Gasteiger partial charge >= 0.3 is 0 Å². The number of hydrogen-bond donors (Lipinski definition) is 1. The monoisotopic (exact) mass is 315 g/mol. The largest absolute Gasteiger partial charge is 0.369 e. The fourth-order valence-corrected chi connectivity index (χ4v) is 2.88. The number of aromatic amines is 1. The predicted molar refractivity (Wildman–Crippen MR) is 87.9 cm³/mol. The lowest BCUT2D eigenvalue weighted by Crippen LogP contribution is -2.38. The lowest BCUT2D eigenvalue weighted by atomic mass is 10.2. The third-order valence-corrected chi connectivity index (χ3v) is 4.12. The summed E-state index contributed by atoms with van der Waals surface area (Å²) in [6, 6.07) is 1.94. The molecule has 0 aliphatic carbocycles. The molecule has 3 heterocycles. The molecule has 0 amide bonds. The molecule has 0 unspecified atom stereocenters. The summed E-state index contributed by atoms with van der Waals surface area (Å²) in [4.78, 5) is 19.0. The summed E-state index contributed by atoms with van der Waals surface area (Å²) in [5.41, 5.74) is 2.14. The third-order valence-electron chi connectivity index (χ3n) is 4.12. The molecule has 1 N–H and O–H groups in total. The average molecular weight is 315 g/mol. The Balaban J connectivity index is 1.59. The second-order valence-corrected chi connectivity index (χ2v) is 6.08. The first-order chi connectivity index (χ1) is 11.2. The minimum absolute atomic E-state index is 0.0212. The molecule has 6 heteroatoms. The van der Waals surface area contributed by atoms with Crippen LogP contribution in [0.3, 0.4) is 0 Å². The number of nitrogens with one attached hydrogen (secondary N) is 1. The van der Waals surface area contributed by atoms with Gasteiger partial charge in [-0.05, 0) is 19.4 Å². The fourth-order valence-electron chi connectivity index (χ4n) is 2.88. The van der Waals surface area contributed by atoms with Crippen LogP contribution in [0.1, 0.15) is 48.9 Å². The molecule has 6 nitrogen and oxygen atoms in total. The molecular formula is C17H25N5O. The van der Waals surface area contributed by atoms with E-state index in [0.29, 0.717) is 0 Å². The standard InChI is InChI=1S/C17H25N5O/c1-3-4-5-17-19-10-14(21-17)11-22-8-9-23-16(12-22)15-6-7-18-13(2)20-15/h6-7,10,16H,3-5,8-9,11-12H2,1-2H3,(H,19,21)/t16-/m1/s1. The van der Waals surface area contributed by atoms with Gasteiger partial charge in [-0.3, -0.25) is 4.90 Å². The van der Waals surface area contributed by atoms with E-state index in [1.165, 1.54) is 18.5 Å². The van der Waals surface area contributed by atoms with Gasteiger partial charge in [0.05, 0.1) is 12.3 Å². The van der Waals surface area contributed by atoms with E-state index in [0.717, 1.165) is 50.0 Å². The molecule has 1 fully saturated rings. The van der Waals surface area contributed by atoms with Crippen molar-refractivity contribution in [3.8, 4) is 0 Å². The Morgan fingerprint density at radius 3 is 3.13 bits per heavy atom. The van der Waals surface area contributed by atoms with Gasteiger partial charge in [-0.1, -0.05) is 13.3 Å². The normalized spacial score (nSPS) is 19.1. The van der Waals surface area contributed by atoms with Gasteiger partial charge in [0, 0.05) is 44.1 Å². The summed E-state index contributed by atoms with van der Waals surface area (Å²) in [5, 5.41) is 0. The maximum atomic E-state index is 5.89. The van der Waals surface area contributed by atoms with Crippen molar-refractivity contribution in [2.75, 3.05) is 19.7 Å². The Hall–Kier alpha value is -1.79. The molecule has 3 rings (SSSR count). The summed E-state index contributed by atoms with van der Waals surface area (Å²) >= 11 is 0. The Kier molecular flexibility index (Phi) is 5.35. The predicted octanol–water partition coefficient (Wildman–Crippen LogP) is 2.42. The lowest BCUT2D eigenvalue weighted by molar-refractivity contribution is -0.0354. The van der Waals surface area contributed by atoms with E-state index < -0.39 is 0 Å². The highest BCUT2D eigenvalue weighted by atomic mass is 16.5. The molecule has 0 bridgehead atoms. The molecule has 124 valence electrons. The van der Waals surface area contributed by atoms with E-state index in [1.54, 1.807) is 6.20 Å². The number of hydrogen-bond acceptors (Lipinski definition) is 5. The first-order valence-electron chi connectivity index (χ1n) is 8.41. The number of H-pyrrole nitrogens is 1. The zero-order valence-electron chi connectivity index (χ0n) is 14.0. The topological polar surface area (TPSA) is 66.9 Å². The first-order valence-corrected chi connectivity index (χ1v) is 8.41. The first kappa shape index (κ1) is 16.1. The molecule has 1 aliphatic heterocycles. The van der Waals surface area contributed by atoms with Crippen LogP contribution in [0.25, 0.3) is 0 Å². The summed E-state index contributed by atoms with van der Waals surface area (Å²) in [6.45, 7) is 7.50. The number of ether oxygens (including phenoxy) is 1. The van der Waals surface area contributed by atoms with Crippen LogP contribution >= 0.6 is 0 Å². The minimum atomic E-state index is 0.0212. The number of nitrogens with zero attached hydrogens (tertiary/aromatic N) is 4. The summed E-state index contributed by atoms with van der Waals surface area (Å²) in [5.74, 6) is 1.88. The molecule has 2 aromatic rings. The lowest BCUT2D eigenvalue weighted by Gasteiger charge is -2.32. The van der Waals surface area contributed by atoms with E-state index in [-0.39, 0.29) is 6.10 Å². The number of aromatic nitrogens is 4. The van der Waals surface area contributed by atoms with Crippen LogP contribution in [0.4, 0.5) is 0 Å². The van der Waals surface area contributed by atoms with Crippen LogP contribution in [0.15, 0.2) is 18.5 Å². The number of aryl methyl sites for hydroxylation is 2. The van der Waals surface area contributed by atoms with Crippen LogP contribution < -0.4 is 0 Å². The zero-order chi connectivity index (χ0) is 16.1. The van der Waals surface area contributed by atoms with Crippen LogP contribution in [-0.2, 0) is 17.7 Å². The number of rotatable bonds is 6. The van der Waals surface area contributed by atoms with Crippen molar-refractivity contribution < 1.29 is 4.74 Å². The smallest absolute Gasteiger partial charge is 0.125 e. The highest BCUT2D eigenvalue weighted by Gasteiger charge is 2.23. The fraction of sp³-hybridized carbons (Fsp3) is 0.588. The summed E-state index contributed by atoms with van der Waals surface area (Å²) in [6.07, 6.45) is 7.19. The zero-order valence-corrected chi connectivity index (χ0v) is 14.0. The van der Waals surface area contributed by atoms with Crippen molar-refractivity contribution in [3.63, 3.8) is 0 Å². The minimum Gasteiger partial charge on any atom is -0.369 e. The molecule has 0 radical (unpaired) electrons. The number of unbranched alkanes of at least 4 members (excludes halogenated alkanes) is 1. The molecule has 0 saturated carbocycles. The Bertz CT molecular complexity index is 627. The third kappa shape index (κ3) is 4.36. The molecule has 1 saturated heterocycles. The van der Waals surface area contributed by atoms with Gasteiger partial charge in [0.1, 0.15) is 17.8 Å². The molecule has 1 atom stereocenters. The number of imidazole rings is 1. The molecular weight excluding hydrogens is 290 g/mol. The maximum Gasteiger partial charge on any atom is 0.125 e. The van der Waals surface area contributed by atoms with Crippen molar-refractivity contribution in [1.82, 2.24) is 24.8 Å². The Morgan fingerprint density at radius 1 is 1.39 bits per heavy atom. The molecule has 0 aromatic carbocycles. The van der Waals surface area contributed by atoms with Crippen LogP contribution in [0.2, 0.25) is 0 Å². The van der Waals surface area contributed by atoms with Gasteiger partial charge in [-0.2, -0.15) is 0 Å². The second kappa shape index (κ2) is 7.66. The quantitative estimate of drug-likeness (QED) is 0.887. The second-order valence-electron chi connectivity index (χ2n) is 6.08. The maximum absolute atomic E-state index is 5.89. The van der Waals surface area contributed by atoms with E-state index in [2.05, 4.69) is 31.8 Å². The van der Waals surface area contributed by atoms with Crippen molar-refractivity contribution in [1.29, 1.82) is 0 Å². The van der Waals surface area contributed by atoms with Gasteiger partial charge in [0.15, 0.2) is 0 Å². The van der Waals surface area contributed by atoms with Gasteiger partial charge in [0.25, 0.3) is 0 Å². The van der Waals surface area contributed by atoms with E-state index >= 15 is 0 Å². The summed E-state index contributed by atoms with van der Waals surface area (Å²) in [7, 11) is 0. The van der Waals surface area contributed by atoms with Gasteiger partial charge in [0.2, 0.25) is 0 Å². The van der Waals surface area contributed by atoms with E-state index in [1.807, 2.05) is 19.2 Å². The van der Waals surface area contributed by atoms with Crippen molar-refractivity contribution in [2.24, 2.45) is 0 Å². The summed E-state index contributed by atoms with van der Waals surface area (Å²) < 4.78 is 5.89. The number of morpholine rings is 1. The van der Waals surface area contributed by atoms with Crippen LogP contribution in [0, 0.1) is 6.92 Å². The highest BCUT2D eigenvalue weighted by molar-refractivity contribution is 5.08. The van der Waals surface area contributed by atoms with E-state index in [9.17, 15) is 0 Å². The Morgan fingerprint density at radius 2 is 2.30 bits per heavy atom. The van der Waals surface area contributed by atoms with Gasteiger partial charge in [-0.25, -0.2) is 15.0 Å². The van der Waals surface area contributed by atoms with Crippen molar-refractivity contribution in [3.05, 3.63) is 41.5 Å². The molecule has 2 aromatic heterocycles. The SMILES string of the molecule is CCCCc1ncc(CN2CCO[C@@H](c3ccnc(C)n3)C2)[nH]1. The van der Waals surface area contributed by atoms with Crippen LogP contribution in [-0.4, -0.2) is 44.5 Å². The van der Waals surface area contributed by atoms with E-state index in [4.69, 9.17) is 4.74 Å². The Labute approximate surface area is 137 Å².